The number of carbonyl (C=O) groups is 4. The lowest BCUT2D eigenvalue weighted by Gasteiger charge is -2.34. The SMILES string of the molecule is CCCOC(=O)CC1C(=O)NCCN1C(=O)CNc1cccc(C(=O)N(CC)c2ccccc2)c1. The monoisotopic (exact) mass is 480 g/mol. The van der Waals surface area contributed by atoms with Crippen LogP contribution >= 0.6 is 0 Å². The van der Waals surface area contributed by atoms with E-state index in [9.17, 15) is 19.2 Å². The van der Waals surface area contributed by atoms with Crippen LogP contribution < -0.4 is 15.5 Å². The Hall–Kier alpha value is -3.88. The van der Waals surface area contributed by atoms with Crippen LogP contribution in [0.15, 0.2) is 54.6 Å². The summed E-state index contributed by atoms with van der Waals surface area (Å²) in [7, 11) is 0. The van der Waals surface area contributed by atoms with Gasteiger partial charge in [-0.15, -0.1) is 0 Å². The molecule has 0 aliphatic carbocycles. The number of nitrogens with one attached hydrogen (secondary N) is 2. The van der Waals surface area contributed by atoms with Crippen molar-refractivity contribution in [3.8, 4) is 0 Å². The summed E-state index contributed by atoms with van der Waals surface area (Å²) in [5.74, 6) is -1.34. The smallest absolute Gasteiger partial charge is 0.308 e. The molecule has 1 unspecified atom stereocenters. The number of anilines is 2. The topological polar surface area (TPSA) is 108 Å². The minimum atomic E-state index is -0.903. The quantitative estimate of drug-likeness (QED) is 0.506. The summed E-state index contributed by atoms with van der Waals surface area (Å²) >= 11 is 0. The van der Waals surface area contributed by atoms with Crippen molar-refractivity contribution in [2.24, 2.45) is 0 Å². The molecule has 1 aliphatic heterocycles. The summed E-state index contributed by atoms with van der Waals surface area (Å²) in [6.07, 6.45) is 0.492. The van der Waals surface area contributed by atoms with Crippen molar-refractivity contribution < 1.29 is 23.9 Å². The summed E-state index contributed by atoms with van der Waals surface area (Å²) in [6, 6.07) is 15.5. The van der Waals surface area contributed by atoms with Gasteiger partial charge in [-0.3, -0.25) is 19.2 Å². The fraction of sp³-hybridized carbons (Fsp3) is 0.385. The van der Waals surface area contributed by atoms with Crippen LogP contribution in [0.4, 0.5) is 11.4 Å². The maximum Gasteiger partial charge on any atom is 0.308 e. The van der Waals surface area contributed by atoms with E-state index in [4.69, 9.17) is 4.74 Å². The molecular formula is C26H32N4O5. The third kappa shape index (κ3) is 6.81. The Morgan fingerprint density at radius 3 is 2.60 bits per heavy atom. The van der Waals surface area contributed by atoms with E-state index < -0.39 is 12.0 Å². The summed E-state index contributed by atoms with van der Waals surface area (Å²) in [5, 5.41) is 5.75. The highest BCUT2D eigenvalue weighted by molar-refractivity contribution is 6.06. The Labute approximate surface area is 205 Å². The summed E-state index contributed by atoms with van der Waals surface area (Å²) in [4.78, 5) is 53.5. The number of hydrogen-bond donors (Lipinski definition) is 2. The van der Waals surface area contributed by atoms with E-state index in [0.717, 1.165) is 5.69 Å². The third-order valence-electron chi connectivity index (χ3n) is 5.66. The van der Waals surface area contributed by atoms with Gasteiger partial charge in [0.25, 0.3) is 5.91 Å². The van der Waals surface area contributed by atoms with Crippen LogP contribution in [0, 0.1) is 0 Å². The number of piperazine rings is 1. The average molecular weight is 481 g/mol. The first-order valence-corrected chi connectivity index (χ1v) is 11.9. The summed E-state index contributed by atoms with van der Waals surface area (Å²) in [5.41, 5.74) is 1.90. The minimum Gasteiger partial charge on any atom is -0.466 e. The van der Waals surface area contributed by atoms with Crippen LogP contribution in [0.3, 0.4) is 0 Å². The van der Waals surface area contributed by atoms with Gasteiger partial charge in [0.1, 0.15) is 6.04 Å². The fourth-order valence-electron chi connectivity index (χ4n) is 3.90. The second-order valence-electron chi connectivity index (χ2n) is 8.14. The number of benzene rings is 2. The number of esters is 1. The molecule has 3 rings (SSSR count). The van der Waals surface area contributed by atoms with E-state index in [-0.39, 0.29) is 37.3 Å². The van der Waals surface area contributed by atoms with Crippen molar-refractivity contribution in [3.63, 3.8) is 0 Å². The Morgan fingerprint density at radius 1 is 1.11 bits per heavy atom. The molecule has 0 spiro atoms. The van der Waals surface area contributed by atoms with Crippen LogP contribution in [-0.4, -0.2) is 67.4 Å². The van der Waals surface area contributed by atoms with Crippen LogP contribution in [0.25, 0.3) is 0 Å². The summed E-state index contributed by atoms with van der Waals surface area (Å²) < 4.78 is 5.09. The molecule has 3 amide bonds. The number of carbonyl (C=O) groups excluding carboxylic acids is 4. The first-order valence-electron chi connectivity index (χ1n) is 11.9. The molecule has 35 heavy (non-hydrogen) atoms. The number of amides is 3. The predicted octanol–water partition coefficient (Wildman–Crippen LogP) is 2.44. The average Bonchev–Trinajstić information content (AvgIpc) is 2.88. The molecule has 0 radical (unpaired) electrons. The van der Waals surface area contributed by atoms with Gasteiger partial charge in [-0.25, -0.2) is 0 Å². The summed E-state index contributed by atoms with van der Waals surface area (Å²) in [6.45, 7) is 5.12. The first kappa shape index (κ1) is 25.7. The van der Waals surface area contributed by atoms with Gasteiger partial charge >= 0.3 is 5.97 Å². The van der Waals surface area contributed by atoms with E-state index >= 15 is 0 Å². The van der Waals surface area contributed by atoms with Crippen molar-refractivity contribution in [1.29, 1.82) is 0 Å². The molecule has 2 aromatic carbocycles. The van der Waals surface area contributed by atoms with E-state index in [0.29, 0.717) is 37.3 Å². The van der Waals surface area contributed by atoms with E-state index in [1.54, 1.807) is 29.2 Å². The van der Waals surface area contributed by atoms with Gasteiger partial charge in [0.15, 0.2) is 0 Å². The number of nitrogens with zero attached hydrogens (tertiary/aromatic N) is 2. The van der Waals surface area contributed by atoms with E-state index in [2.05, 4.69) is 10.6 Å². The zero-order valence-electron chi connectivity index (χ0n) is 20.2. The predicted molar refractivity (Wildman–Crippen MR) is 133 cm³/mol. The second-order valence-corrected chi connectivity index (χ2v) is 8.14. The zero-order chi connectivity index (χ0) is 25.2. The largest absolute Gasteiger partial charge is 0.466 e. The highest BCUT2D eigenvalue weighted by atomic mass is 16.5. The molecule has 1 aliphatic rings. The first-order chi connectivity index (χ1) is 16.9. The molecule has 186 valence electrons. The van der Waals surface area contributed by atoms with Gasteiger partial charge in [0, 0.05) is 36.6 Å². The van der Waals surface area contributed by atoms with Crippen molar-refractivity contribution in [2.75, 3.05) is 43.0 Å². The fourth-order valence-corrected chi connectivity index (χ4v) is 3.90. The molecule has 2 N–H and O–H groups in total. The molecule has 0 bridgehead atoms. The zero-order valence-corrected chi connectivity index (χ0v) is 20.2. The van der Waals surface area contributed by atoms with Gasteiger partial charge < -0.3 is 25.2 Å². The van der Waals surface area contributed by atoms with Gasteiger partial charge in [-0.2, -0.15) is 0 Å². The normalized spacial score (nSPS) is 15.2. The Balaban J connectivity index is 1.65. The molecule has 1 saturated heterocycles. The lowest BCUT2D eigenvalue weighted by atomic mass is 10.1. The molecule has 1 heterocycles. The van der Waals surface area contributed by atoms with Gasteiger partial charge in [0.05, 0.1) is 19.6 Å². The van der Waals surface area contributed by atoms with Crippen molar-refractivity contribution in [1.82, 2.24) is 10.2 Å². The molecule has 1 fully saturated rings. The third-order valence-corrected chi connectivity index (χ3v) is 5.66. The Bertz CT molecular complexity index is 1040. The standard InChI is InChI=1S/C26H32N4O5/c1-3-15-35-24(32)17-22-25(33)27-13-14-30(22)23(31)18-28-20-10-8-9-19(16-20)26(34)29(4-2)21-11-6-5-7-12-21/h5-12,16,22,28H,3-4,13-15,17-18H2,1-2H3,(H,27,33). The molecule has 0 aromatic heterocycles. The Kier molecular flexibility index (Phi) is 9.23. The minimum absolute atomic E-state index is 0.0817. The number of para-hydroxylation sites is 1. The van der Waals surface area contributed by atoms with Gasteiger partial charge in [-0.05, 0) is 43.7 Å². The lowest BCUT2D eigenvalue weighted by Crippen LogP contribution is -2.58. The van der Waals surface area contributed by atoms with Crippen LogP contribution in [0.1, 0.15) is 37.0 Å². The number of hydrogen-bond acceptors (Lipinski definition) is 6. The molecular weight excluding hydrogens is 448 g/mol. The van der Waals surface area contributed by atoms with Crippen LogP contribution in [0.5, 0.6) is 0 Å². The molecule has 1 atom stereocenters. The van der Waals surface area contributed by atoms with Crippen LogP contribution in [0.2, 0.25) is 0 Å². The van der Waals surface area contributed by atoms with Gasteiger partial charge in [-0.1, -0.05) is 31.2 Å². The second kappa shape index (κ2) is 12.5. The molecule has 0 saturated carbocycles. The lowest BCUT2D eigenvalue weighted by molar-refractivity contribution is -0.151. The molecule has 2 aromatic rings. The molecule has 9 heteroatoms. The van der Waals surface area contributed by atoms with Crippen molar-refractivity contribution in [3.05, 3.63) is 60.2 Å². The Morgan fingerprint density at radius 2 is 1.89 bits per heavy atom. The molecule has 9 nitrogen and oxygen atoms in total. The van der Waals surface area contributed by atoms with Crippen LogP contribution in [-0.2, 0) is 19.1 Å². The highest BCUT2D eigenvalue weighted by Crippen LogP contribution is 2.19. The number of rotatable bonds is 10. The highest BCUT2D eigenvalue weighted by Gasteiger charge is 2.35. The van der Waals surface area contributed by atoms with Crippen molar-refractivity contribution >= 4 is 35.1 Å². The van der Waals surface area contributed by atoms with E-state index in [1.807, 2.05) is 44.2 Å². The van der Waals surface area contributed by atoms with Crippen molar-refractivity contribution in [2.45, 2.75) is 32.7 Å². The van der Waals surface area contributed by atoms with E-state index in [1.165, 1.54) is 4.90 Å². The maximum absolute atomic E-state index is 13.1. The number of ether oxygens (including phenoxy) is 1. The van der Waals surface area contributed by atoms with Gasteiger partial charge in [0.2, 0.25) is 11.8 Å². The maximum atomic E-state index is 13.1.